The minimum absolute atomic E-state index is 0.0576. The maximum absolute atomic E-state index is 11.8. The SMILES string of the molecule is CC(C)C(C)Nc1ccc(COC(=O)C(C)C(C)C)cc1. The molecule has 3 nitrogen and oxygen atoms in total. The van der Waals surface area contributed by atoms with E-state index in [1.807, 2.05) is 45.0 Å². The molecule has 0 saturated heterocycles. The quantitative estimate of drug-likeness (QED) is 0.753. The van der Waals surface area contributed by atoms with Gasteiger partial charge in [0.15, 0.2) is 0 Å². The van der Waals surface area contributed by atoms with Crippen LogP contribution in [0.2, 0.25) is 0 Å². The third-order valence-corrected chi connectivity index (χ3v) is 4.10. The second-order valence-electron chi connectivity index (χ2n) is 6.51. The molecule has 0 aromatic heterocycles. The van der Waals surface area contributed by atoms with Gasteiger partial charge in [0.2, 0.25) is 0 Å². The van der Waals surface area contributed by atoms with Gasteiger partial charge in [-0.15, -0.1) is 0 Å². The van der Waals surface area contributed by atoms with Crippen LogP contribution >= 0.6 is 0 Å². The lowest BCUT2D eigenvalue weighted by molar-refractivity contribution is -0.150. The van der Waals surface area contributed by atoms with E-state index in [2.05, 4.69) is 26.1 Å². The molecule has 1 N–H and O–H groups in total. The molecular weight excluding hydrogens is 262 g/mol. The fraction of sp³-hybridized carbons (Fsp3) is 0.611. The first-order valence-corrected chi connectivity index (χ1v) is 7.83. The summed E-state index contributed by atoms with van der Waals surface area (Å²) in [5.41, 5.74) is 2.11. The van der Waals surface area contributed by atoms with E-state index in [1.54, 1.807) is 0 Å². The van der Waals surface area contributed by atoms with E-state index in [0.29, 0.717) is 24.5 Å². The van der Waals surface area contributed by atoms with Gasteiger partial charge in [-0.2, -0.15) is 0 Å². The van der Waals surface area contributed by atoms with Gasteiger partial charge in [-0.1, -0.05) is 46.8 Å². The number of ether oxygens (including phenoxy) is 1. The van der Waals surface area contributed by atoms with Crippen molar-refractivity contribution in [1.82, 2.24) is 0 Å². The van der Waals surface area contributed by atoms with Gasteiger partial charge in [-0.25, -0.2) is 0 Å². The minimum atomic E-state index is -0.124. The predicted molar refractivity (Wildman–Crippen MR) is 88.2 cm³/mol. The maximum atomic E-state index is 11.8. The van der Waals surface area contributed by atoms with Crippen LogP contribution in [0.4, 0.5) is 5.69 Å². The number of carbonyl (C=O) groups excluding carboxylic acids is 1. The van der Waals surface area contributed by atoms with Gasteiger partial charge in [0.1, 0.15) is 6.61 Å². The van der Waals surface area contributed by atoms with Crippen molar-refractivity contribution in [1.29, 1.82) is 0 Å². The summed E-state index contributed by atoms with van der Waals surface area (Å²) in [6.45, 7) is 12.9. The van der Waals surface area contributed by atoms with Gasteiger partial charge in [-0.05, 0) is 36.5 Å². The smallest absolute Gasteiger partial charge is 0.309 e. The molecular formula is C18H29NO2. The lowest BCUT2D eigenvalue weighted by Crippen LogP contribution is -2.21. The molecule has 0 bridgehead atoms. The summed E-state index contributed by atoms with van der Waals surface area (Å²) >= 11 is 0. The molecule has 0 spiro atoms. The number of nitrogens with one attached hydrogen (secondary N) is 1. The van der Waals surface area contributed by atoms with Gasteiger partial charge in [0.25, 0.3) is 0 Å². The van der Waals surface area contributed by atoms with Crippen LogP contribution in [0.25, 0.3) is 0 Å². The lowest BCUT2D eigenvalue weighted by atomic mass is 9.99. The van der Waals surface area contributed by atoms with Crippen molar-refractivity contribution in [3.8, 4) is 0 Å². The van der Waals surface area contributed by atoms with Crippen molar-refractivity contribution < 1.29 is 9.53 Å². The number of hydrogen-bond donors (Lipinski definition) is 1. The molecule has 2 atom stereocenters. The van der Waals surface area contributed by atoms with E-state index in [-0.39, 0.29) is 11.9 Å². The van der Waals surface area contributed by atoms with Crippen LogP contribution in [0.1, 0.15) is 47.1 Å². The molecule has 0 saturated carbocycles. The van der Waals surface area contributed by atoms with Crippen molar-refractivity contribution in [2.75, 3.05) is 5.32 Å². The largest absolute Gasteiger partial charge is 0.461 e. The summed E-state index contributed by atoms with van der Waals surface area (Å²) in [5.74, 6) is 0.711. The van der Waals surface area contributed by atoms with E-state index < -0.39 is 0 Å². The number of benzene rings is 1. The molecule has 1 aromatic rings. The minimum Gasteiger partial charge on any atom is -0.461 e. The molecule has 0 aliphatic rings. The zero-order valence-corrected chi connectivity index (χ0v) is 14.1. The first-order valence-electron chi connectivity index (χ1n) is 7.83. The van der Waals surface area contributed by atoms with Crippen molar-refractivity contribution in [3.05, 3.63) is 29.8 Å². The van der Waals surface area contributed by atoms with E-state index >= 15 is 0 Å². The summed E-state index contributed by atoms with van der Waals surface area (Å²) in [5, 5.41) is 3.46. The van der Waals surface area contributed by atoms with Crippen LogP contribution in [0.15, 0.2) is 24.3 Å². The molecule has 0 aliphatic carbocycles. The van der Waals surface area contributed by atoms with E-state index in [0.717, 1.165) is 11.3 Å². The highest BCUT2D eigenvalue weighted by Crippen LogP contribution is 2.16. The Morgan fingerprint density at radius 1 is 1.00 bits per heavy atom. The topological polar surface area (TPSA) is 38.3 Å². The first-order chi connectivity index (χ1) is 9.81. The second kappa shape index (κ2) is 8.06. The Labute approximate surface area is 129 Å². The number of hydrogen-bond acceptors (Lipinski definition) is 3. The highest BCUT2D eigenvalue weighted by Gasteiger charge is 2.17. The van der Waals surface area contributed by atoms with Gasteiger partial charge in [0, 0.05) is 11.7 Å². The Bertz CT molecular complexity index is 437. The van der Waals surface area contributed by atoms with Crippen molar-refractivity contribution in [2.24, 2.45) is 17.8 Å². The van der Waals surface area contributed by atoms with Crippen molar-refractivity contribution in [3.63, 3.8) is 0 Å². The third-order valence-electron chi connectivity index (χ3n) is 4.10. The molecule has 0 amide bonds. The summed E-state index contributed by atoms with van der Waals surface area (Å²) in [6, 6.07) is 8.51. The predicted octanol–water partition coefficient (Wildman–Crippen LogP) is 4.48. The summed E-state index contributed by atoms with van der Waals surface area (Å²) in [4.78, 5) is 11.8. The van der Waals surface area contributed by atoms with Gasteiger partial charge >= 0.3 is 5.97 Å². The Balaban J connectivity index is 2.50. The van der Waals surface area contributed by atoms with Crippen LogP contribution in [0, 0.1) is 17.8 Å². The number of anilines is 1. The molecule has 0 heterocycles. The monoisotopic (exact) mass is 291 g/mol. The van der Waals surface area contributed by atoms with E-state index in [1.165, 1.54) is 0 Å². The average Bonchev–Trinajstić information content (AvgIpc) is 2.45. The lowest BCUT2D eigenvalue weighted by Gasteiger charge is -2.19. The van der Waals surface area contributed by atoms with Gasteiger partial charge in [0.05, 0.1) is 5.92 Å². The zero-order valence-electron chi connectivity index (χ0n) is 14.1. The summed E-state index contributed by atoms with van der Waals surface area (Å²) in [7, 11) is 0. The highest BCUT2D eigenvalue weighted by atomic mass is 16.5. The Kier molecular flexibility index (Phi) is 6.73. The van der Waals surface area contributed by atoms with Crippen LogP contribution in [0.3, 0.4) is 0 Å². The maximum Gasteiger partial charge on any atom is 0.309 e. The Morgan fingerprint density at radius 3 is 2.05 bits per heavy atom. The van der Waals surface area contributed by atoms with E-state index in [9.17, 15) is 4.79 Å². The van der Waals surface area contributed by atoms with Crippen LogP contribution in [0.5, 0.6) is 0 Å². The molecule has 1 aromatic carbocycles. The molecule has 0 fully saturated rings. The van der Waals surface area contributed by atoms with Crippen molar-refractivity contribution in [2.45, 2.75) is 54.2 Å². The summed E-state index contributed by atoms with van der Waals surface area (Å²) in [6.07, 6.45) is 0. The van der Waals surface area contributed by atoms with Gasteiger partial charge < -0.3 is 10.1 Å². The van der Waals surface area contributed by atoms with Crippen LogP contribution in [-0.2, 0) is 16.1 Å². The molecule has 0 aliphatic heterocycles. The Hall–Kier alpha value is -1.51. The normalized spacial score (nSPS) is 14.1. The Morgan fingerprint density at radius 2 is 1.57 bits per heavy atom. The van der Waals surface area contributed by atoms with Gasteiger partial charge in [-0.3, -0.25) is 4.79 Å². The fourth-order valence-electron chi connectivity index (χ4n) is 1.68. The standard InChI is InChI=1S/C18H29NO2/c1-12(2)14(5)18(20)21-11-16-7-9-17(10-8-16)19-15(6)13(3)4/h7-10,12-15,19H,11H2,1-6H3. The molecule has 118 valence electrons. The fourth-order valence-corrected chi connectivity index (χ4v) is 1.68. The van der Waals surface area contributed by atoms with Crippen molar-refractivity contribution >= 4 is 11.7 Å². The average molecular weight is 291 g/mol. The second-order valence-corrected chi connectivity index (χ2v) is 6.51. The molecule has 0 radical (unpaired) electrons. The highest BCUT2D eigenvalue weighted by molar-refractivity contribution is 5.72. The van der Waals surface area contributed by atoms with E-state index in [4.69, 9.17) is 4.74 Å². The number of rotatable bonds is 7. The molecule has 21 heavy (non-hydrogen) atoms. The first kappa shape index (κ1) is 17.5. The molecule has 2 unspecified atom stereocenters. The zero-order chi connectivity index (χ0) is 16.0. The molecule has 3 heteroatoms. The number of carbonyl (C=O) groups is 1. The van der Waals surface area contributed by atoms with Crippen LogP contribution in [-0.4, -0.2) is 12.0 Å². The summed E-state index contributed by atoms with van der Waals surface area (Å²) < 4.78 is 5.35. The third kappa shape index (κ3) is 5.78. The van der Waals surface area contributed by atoms with Crippen LogP contribution < -0.4 is 5.32 Å². The molecule has 1 rings (SSSR count). The number of esters is 1.